The highest BCUT2D eigenvalue weighted by Crippen LogP contribution is 2.33. The van der Waals surface area contributed by atoms with E-state index in [0.717, 1.165) is 62.8 Å². The fraction of sp³-hybridized carbons (Fsp3) is 0.565. The van der Waals surface area contributed by atoms with E-state index >= 15 is 0 Å². The molecule has 5 rings (SSSR count). The maximum atomic E-state index is 13.5. The van der Waals surface area contributed by atoms with Crippen molar-refractivity contribution >= 4 is 11.9 Å². The molecule has 1 aliphatic carbocycles. The van der Waals surface area contributed by atoms with Gasteiger partial charge in [0.1, 0.15) is 0 Å². The van der Waals surface area contributed by atoms with Crippen LogP contribution in [0.4, 0.5) is 0 Å². The predicted octanol–water partition coefficient (Wildman–Crippen LogP) is 2.31. The number of amides is 1. The minimum absolute atomic E-state index is 0.198. The van der Waals surface area contributed by atoms with Crippen molar-refractivity contribution in [1.82, 2.24) is 14.7 Å². The van der Waals surface area contributed by atoms with Crippen LogP contribution in [-0.2, 0) is 17.9 Å². The van der Waals surface area contributed by atoms with Crippen LogP contribution in [0.1, 0.15) is 43.2 Å². The van der Waals surface area contributed by atoms with E-state index in [0.29, 0.717) is 12.5 Å². The summed E-state index contributed by atoms with van der Waals surface area (Å²) in [4.78, 5) is 25.0. The van der Waals surface area contributed by atoms with E-state index in [1.807, 2.05) is 4.90 Å². The Hall–Kier alpha value is -2.18. The molecule has 0 atom stereocenters. The molecule has 0 unspecified atom stereocenters. The highest BCUT2D eigenvalue weighted by molar-refractivity contribution is 6.09. The predicted molar refractivity (Wildman–Crippen MR) is 114 cm³/mol. The molecule has 6 heteroatoms. The fourth-order valence-electron chi connectivity index (χ4n) is 5.34. The highest BCUT2D eigenvalue weighted by Gasteiger charge is 2.41. The second-order valence-corrected chi connectivity index (χ2v) is 8.81. The first kappa shape index (κ1) is 18.8. The van der Waals surface area contributed by atoms with Crippen LogP contribution in [0.2, 0.25) is 0 Å². The van der Waals surface area contributed by atoms with Crippen LogP contribution in [0.3, 0.4) is 0 Å². The minimum atomic E-state index is 0.198. The molecule has 1 fully saturated rings. The number of nitrogens with zero attached hydrogens (tertiary/aromatic N) is 4. The SMILES string of the molecule is NCc1cccc(CN2CCC3=C(C2)C(=O)N(CC2CCCC2)C2=NCCN23)c1. The van der Waals surface area contributed by atoms with Crippen molar-refractivity contribution in [2.45, 2.75) is 45.2 Å². The topological polar surface area (TPSA) is 65.2 Å². The molecule has 1 saturated carbocycles. The van der Waals surface area contributed by atoms with Gasteiger partial charge in [-0.2, -0.15) is 0 Å². The van der Waals surface area contributed by atoms with Gasteiger partial charge in [-0.3, -0.25) is 19.6 Å². The van der Waals surface area contributed by atoms with Crippen LogP contribution in [0.15, 0.2) is 40.5 Å². The second-order valence-electron chi connectivity index (χ2n) is 8.81. The third-order valence-corrected chi connectivity index (χ3v) is 6.83. The minimum Gasteiger partial charge on any atom is -0.326 e. The molecule has 29 heavy (non-hydrogen) atoms. The van der Waals surface area contributed by atoms with Gasteiger partial charge in [-0.1, -0.05) is 37.1 Å². The van der Waals surface area contributed by atoms with Gasteiger partial charge < -0.3 is 10.6 Å². The van der Waals surface area contributed by atoms with E-state index in [2.05, 4.69) is 34.1 Å². The number of nitrogens with two attached hydrogens (primary N) is 1. The van der Waals surface area contributed by atoms with Crippen LogP contribution in [0.5, 0.6) is 0 Å². The lowest BCUT2D eigenvalue weighted by Gasteiger charge is -2.42. The largest absolute Gasteiger partial charge is 0.326 e. The number of carbonyl (C=O) groups is 1. The number of rotatable bonds is 5. The monoisotopic (exact) mass is 393 g/mol. The van der Waals surface area contributed by atoms with Gasteiger partial charge >= 0.3 is 0 Å². The molecular formula is C23H31N5O. The van der Waals surface area contributed by atoms with Crippen molar-refractivity contribution < 1.29 is 4.79 Å². The zero-order valence-corrected chi connectivity index (χ0v) is 17.1. The van der Waals surface area contributed by atoms with Crippen molar-refractivity contribution in [2.75, 3.05) is 32.7 Å². The fourth-order valence-corrected chi connectivity index (χ4v) is 5.34. The third-order valence-electron chi connectivity index (χ3n) is 6.83. The molecule has 0 spiro atoms. The van der Waals surface area contributed by atoms with Crippen LogP contribution in [0, 0.1) is 5.92 Å². The smallest absolute Gasteiger partial charge is 0.259 e. The molecule has 154 valence electrons. The Labute approximate surface area is 173 Å². The average molecular weight is 394 g/mol. The first-order valence-electron chi connectivity index (χ1n) is 11.1. The number of carbonyl (C=O) groups excluding carboxylic acids is 1. The molecular weight excluding hydrogens is 362 g/mol. The van der Waals surface area contributed by atoms with Crippen molar-refractivity contribution in [1.29, 1.82) is 0 Å². The molecule has 3 aliphatic heterocycles. The summed E-state index contributed by atoms with van der Waals surface area (Å²) in [5.41, 5.74) is 10.4. The van der Waals surface area contributed by atoms with Crippen LogP contribution in [0.25, 0.3) is 0 Å². The van der Waals surface area contributed by atoms with E-state index in [1.54, 1.807) is 0 Å². The second kappa shape index (κ2) is 7.92. The summed E-state index contributed by atoms with van der Waals surface area (Å²) >= 11 is 0. The summed E-state index contributed by atoms with van der Waals surface area (Å²) in [6.45, 7) is 5.69. The van der Waals surface area contributed by atoms with Gasteiger partial charge in [0, 0.05) is 51.4 Å². The van der Waals surface area contributed by atoms with Gasteiger partial charge in [0.05, 0.1) is 12.1 Å². The summed E-state index contributed by atoms with van der Waals surface area (Å²) < 4.78 is 0. The number of fused-ring (bicyclic) bond motifs is 2. The van der Waals surface area contributed by atoms with E-state index in [9.17, 15) is 4.79 Å². The number of hydrogen-bond donors (Lipinski definition) is 1. The van der Waals surface area contributed by atoms with E-state index in [4.69, 9.17) is 10.7 Å². The molecule has 0 saturated heterocycles. The van der Waals surface area contributed by atoms with E-state index < -0.39 is 0 Å². The van der Waals surface area contributed by atoms with Gasteiger partial charge in [0.25, 0.3) is 5.91 Å². The summed E-state index contributed by atoms with van der Waals surface area (Å²) in [7, 11) is 0. The first-order chi connectivity index (χ1) is 14.2. The van der Waals surface area contributed by atoms with Crippen molar-refractivity contribution in [2.24, 2.45) is 16.6 Å². The molecule has 1 aromatic rings. The first-order valence-corrected chi connectivity index (χ1v) is 11.1. The van der Waals surface area contributed by atoms with Crippen molar-refractivity contribution in [3.63, 3.8) is 0 Å². The molecule has 1 amide bonds. The Kier molecular flexibility index (Phi) is 5.14. The zero-order chi connectivity index (χ0) is 19.8. The summed E-state index contributed by atoms with van der Waals surface area (Å²) in [6, 6.07) is 8.49. The maximum absolute atomic E-state index is 13.5. The highest BCUT2D eigenvalue weighted by atomic mass is 16.2. The molecule has 3 heterocycles. The van der Waals surface area contributed by atoms with Crippen LogP contribution in [-0.4, -0.2) is 59.3 Å². The molecule has 4 aliphatic rings. The lowest BCUT2D eigenvalue weighted by Crippen LogP contribution is -2.55. The molecule has 0 aromatic heterocycles. The van der Waals surface area contributed by atoms with Gasteiger partial charge in [-0.05, 0) is 29.9 Å². The Morgan fingerprint density at radius 2 is 1.97 bits per heavy atom. The Balaban J connectivity index is 1.36. The Bertz CT molecular complexity index is 855. The zero-order valence-electron chi connectivity index (χ0n) is 17.1. The normalized spacial score (nSPS) is 22.9. The number of benzene rings is 1. The van der Waals surface area contributed by atoms with Gasteiger partial charge in [0.2, 0.25) is 5.96 Å². The van der Waals surface area contributed by atoms with Gasteiger partial charge in [0.15, 0.2) is 0 Å². The van der Waals surface area contributed by atoms with Gasteiger partial charge in [-0.15, -0.1) is 0 Å². The number of hydrogen-bond acceptors (Lipinski definition) is 5. The quantitative estimate of drug-likeness (QED) is 0.834. The molecule has 2 N–H and O–H groups in total. The molecule has 0 radical (unpaired) electrons. The average Bonchev–Trinajstić information content (AvgIpc) is 3.43. The summed E-state index contributed by atoms with van der Waals surface area (Å²) in [5, 5.41) is 0. The van der Waals surface area contributed by atoms with Crippen molar-refractivity contribution in [3.05, 3.63) is 46.7 Å². The lowest BCUT2D eigenvalue weighted by molar-refractivity contribution is -0.125. The van der Waals surface area contributed by atoms with Gasteiger partial charge in [-0.25, -0.2) is 0 Å². The van der Waals surface area contributed by atoms with Crippen LogP contribution >= 0.6 is 0 Å². The molecule has 6 nitrogen and oxygen atoms in total. The summed E-state index contributed by atoms with van der Waals surface area (Å²) in [6.07, 6.45) is 6.01. The van der Waals surface area contributed by atoms with Crippen LogP contribution < -0.4 is 5.73 Å². The Morgan fingerprint density at radius 3 is 2.79 bits per heavy atom. The molecule has 0 bridgehead atoms. The summed E-state index contributed by atoms with van der Waals surface area (Å²) in [5.74, 6) is 1.75. The number of guanidine groups is 1. The molecule has 1 aromatic carbocycles. The third kappa shape index (κ3) is 3.60. The standard InChI is InChI=1S/C23H31N5O/c24-13-18-6-3-7-19(12-18)14-26-10-8-21-20(16-26)22(29)28(15-17-4-1-2-5-17)23-25-9-11-27(21)23/h3,6-7,12,17H,1-2,4-5,8-11,13-16,24H2. The number of aliphatic imine (C=N–C) groups is 1. The maximum Gasteiger partial charge on any atom is 0.259 e. The van der Waals surface area contributed by atoms with Crippen molar-refractivity contribution in [3.8, 4) is 0 Å². The lowest BCUT2D eigenvalue weighted by atomic mass is 9.99. The van der Waals surface area contributed by atoms with E-state index in [-0.39, 0.29) is 5.91 Å². The van der Waals surface area contributed by atoms with E-state index in [1.165, 1.54) is 36.9 Å². The Morgan fingerprint density at radius 1 is 1.14 bits per heavy atom.